The van der Waals surface area contributed by atoms with Crippen molar-refractivity contribution in [2.45, 2.75) is 32.4 Å². The Hall–Kier alpha value is -2.34. The summed E-state index contributed by atoms with van der Waals surface area (Å²) < 4.78 is 5.93. The van der Waals surface area contributed by atoms with Gasteiger partial charge in [-0.2, -0.15) is 0 Å². The van der Waals surface area contributed by atoms with Gasteiger partial charge in [-0.1, -0.05) is 28.9 Å². The summed E-state index contributed by atoms with van der Waals surface area (Å²) in [5.74, 6) is -0.549. The third-order valence-electron chi connectivity index (χ3n) is 5.15. The second kappa shape index (κ2) is 8.78. The summed E-state index contributed by atoms with van der Waals surface area (Å²) in [4.78, 5) is 29.4. The van der Waals surface area contributed by atoms with Crippen molar-refractivity contribution in [3.8, 4) is 0 Å². The molecule has 0 N–H and O–H groups in total. The fourth-order valence-corrected chi connectivity index (χ4v) is 4.01. The molecule has 0 saturated heterocycles. The third kappa shape index (κ3) is 4.22. The first kappa shape index (κ1) is 20.4. The number of amides is 1. The number of nitrogens with zero attached hydrogens (tertiary/aromatic N) is 2. The number of halogens is 1. The van der Waals surface area contributed by atoms with Gasteiger partial charge in [-0.3, -0.25) is 4.79 Å². The van der Waals surface area contributed by atoms with Crippen molar-refractivity contribution in [1.29, 1.82) is 0 Å². The molecule has 6 heteroatoms. The summed E-state index contributed by atoms with van der Waals surface area (Å²) in [5.41, 5.74) is 3.75. The van der Waals surface area contributed by atoms with Crippen LogP contribution in [0.2, 0.25) is 0 Å². The number of methoxy groups -OCH3 is 1. The Labute approximate surface area is 174 Å². The lowest BCUT2D eigenvalue weighted by atomic mass is 9.93. The number of hydrogen-bond acceptors (Lipinski definition) is 4. The highest BCUT2D eigenvalue weighted by Crippen LogP contribution is 2.28. The summed E-state index contributed by atoms with van der Waals surface area (Å²) in [7, 11) is 3.40. The zero-order valence-corrected chi connectivity index (χ0v) is 18.0. The Morgan fingerprint density at radius 1 is 1.18 bits per heavy atom. The number of rotatable bonds is 5. The average molecular weight is 445 g/mol. The minimum absolute atomic E-state index is 0.161. The molecule has 0 aromatic heterocycles. The predicted octanol–water partition coefficient (Wildman–Crippen LogP) is 4.04. The Bertz CT molecular complexity index is 867. The lowest BCUT2D eigenvalue weighted by Crippen LogP contribution is -2.49. The van der Waals surface area contributed by atoms with E-state index in [1.165, 1.54) is 7.11 Å². The summed E-state index contributed by atoms with van der Waals surface area (Å²) in [6, 6.07) is 12.9. The number of anilines is 1. The van der Waals surface area contributed by atoms with Crippen LogP contribution in [0.15, 0.2) is 46.9 Å². The van der Waals surface area contributed by atoms with E-state index in [1.54, 1.807) is 4.90 Å². The zero-order valence-electron chi connectivity index (χ0n) is 16.4. The molecule has 1 amide bonds. The standard InChI is InChI=1S/C22H25BrN2O3/c1-4-11-24(2)19-9-6-15(7-10-19)21(26)25-14-17-12-18(23)8-5-16(17)13-20(25)22(27)28-3/h5-10,12,20H,4,11,13-14H2,1-3H3. The number of carbonyl (C=O) groups is 2. The van der Waals surface area contributed by atoms with Crippen LogP contribution in [0.3, 0.4) is 0 Å². The number of fused-ring (bicyclic) bond motifs is 1. The van der Waals surface area contributed by atoms with Gasteiger partial charge in [0, 0.05) is 42.3 Å². The molecule has 0 bridgehead atoms. The highest BCUT2D eigenvalue weighted by molar-refractivity contribution is 9.10. The Balaban J connectivity index is 1.88. The molecule has 0 spiro atoms. The van der Waals surface area contributed by atoms with Gasteiger partial charge in [0.1, 0.15) is 6.04 Å². The molecule has 0 fully saturated rings. The minimum atomic E-state index is -0.617. The lowest BCUT2D eigenvalue weighted by Gasteiger charge is -2.35. The fraction of sp³-hybridized carbons (Fsp3) is 0.364. The Morgan fingerprint density at radius 2 is 1.89 bits per heavy atom. The summed E-state index contributed by atoms with van der Waals surface area (Å²) in [5, 5.41) is 0. The zero-order chi connectivity index (χ0) is 20.3. The molecule has 3 rings (SSSR count). The van der Waals surface area contributed by atoms with Crippen LogP contribution in [0.5, 0.6) is 0 Å². The molecule has 5 nitrogen and oxygen atoms in total. The van der Waals surface area contributed by atoms with Crippen molar-refractivity contribution in [3.63, 3.8) is 0 Å². The van der Waals surface area contributed by atoms with Crippen LogP contribution in [0.25, 0.3) is 0 Å². The molecule has 1 unspecified atom stereocenters. The van der Waals surface area contributed by atoms with Crippen molar-refractivity contribution in [1.82, 2.24) is 4.90 Å². The van der Waals surface area contributed by atoms with Gasteiger partial charge in [-0.15, -0.1) is 0 Å². The first-order valence-corrected chi connectivity index (χ1v) is 10.2. The van der Waals surface area contributed by atoms with Gasteiger partial charge in [0.15, 0.2) is 0 Å². The van der Waals surface area contributed by atoms with Crippen LogP contribution >= 0.6 is 15.9 Å². The number of esters is 1. The van der Waals surface area contributed by atoms with Crippen LogP contribution in [0.4, 0.5) is 5.69 Å². The summed E-state index contributed by atoms with van der Waals surface area (Å²) >= 11 is 3.48. The highest BCUT2D eigenvalue weighted by atomic mass is 79.9. The van der Waals surface area contributed by atoms with Crippen molar-refractivity contribution >= 4 is 33.5 Å². The molecule has 0 aliphatic carbocycles. The molecule has 28 heavy (non-hydrogen) atoms. The number of benzene rings is 2. The quantitative estimate of drug-likeness (QED) is 0.653. The predicted molar refractivity (Wildman–Crippen MR) is 114 cm³/mol. The van der Waals surface area contributed by atoms with Crippen LogP contribution in [-0.2, 0) is 22.5 Å². The molecule has 1 heterocycles. The van der Waals surface area contributed by atoms with Gasteiger partial charge in [0.05, 0.1) is 7.11 Å². The van der Waals surface area contributed by atoms with Crippen molar-refractivity contribution in [3.05, 3.63) is 63.6 Å². The molecular weight excluding hydrogens is 420 g/mol. The molecule has 148 valence electrons. The van der Waals surface area contributed by atoms with Crippen LogP contribution in [-0.4, -0.2) is 43.5 Å². The van der Waals surface area contributed by atoms with Gasteiger partial charge >= 0.3 is 5.97 Å². The van der Waals surface area contributed by atoms with Crippen LogP contribution in [0.1, 0.15) is 34.8 Å². The van der Waals surface area contributed by atoms with Crippen molar-refractivity contribution < 1.29 is 14.3 Å². The SMILES string of the molecule is CCCN(C)c1ccc(C(=O)N2Cc3cc(Br)ccc3CC2C(=O)OC)cc1. The topological polar surface area (TPSA) is 49.9 Å². The van der Waals surface area contributed by atoms with E-state index in [2.05, 4.69) is 27.8 Å². The fourth-order valence-electron chi connectivity index (χ4n) is 3.60. The van der Waals surface area contributed by atoms with Gasteiger partial charge in [0.25, 0.3) is 5.91 Å². The van der Waals surface area contributed by atoms with Crippen molar-refractivity contribution in [2.24, 2.45) is 0 Å². The van der Waals surface area contributed by atoms with Crippen molar-refractivity contribution in [2.75, 3.05) is 25.6 Å². The van der Waals surface area contributed by atoms with E-state index in [9.17, 15) is 9.59 Å². The van der Waals surface area contributed by atoms with Crippen LogP contribution < -0.4 is 4.90 Å². The van der Waals surface area contributed by atoms with Gasteiger partial charge < -0.3 is 14.5 Å². The molecule has 2 aromatic rings. The summed E-state index contributed by atoms with van der Waals surface area (Å²) in [6.07, 6.45) is 1.51. The smallest absolute Gasteiger partial charge is 0.328 e. The summed E-state index contributed by atoms with van der Waals surface area (Å²) in [6.45, 7) is 3.47. The molecule has 1 aliphatic heterocycles. The monoisotopic (exact) mass is 444 g/mol. The molecule has 2 aromatic carbocycles. The molecular formula is C22H25BrN2O3. The maximum atomic E-state index is 13.2. The molecule has 0 saturated carbocycles. The molecule has 1 aliphatic rings. The third-order valence-corrected chi connectivity index (χ3v) is 5.64. The lowest BCUT2D eigenvalue weighted by molar-refractivity contribution is -0.146. The maximum Gasteiger partial charge on any atom is 0.328 e. The largest absolute Gasteiger partial charge is 0.467 e. The van der Waals surface area contributed by atoms with Gasteiger partial charge in [-0.05, 0) is 53.9 Å². The second-order valence-electron chi connectivity index (χ2n) is 7.06. The average Bonchev–Trinajstić information content (AvgIpc) is 2.72. The first-order chi connectivity index (χ1) is 13.4. The number of hydrogen-bond donors (Lipinski definition) is 0. The molecule has 0 radical (unpaired) electrons. The normalized spacial score (nSPS) is 15.7. The van der Waals surface area contributed by atoms with Gasteiger partial charge in [-0.25, -0.2) is 4.79 Å². The van der Waals surface area contributed by atoms with E-state index in [-0.39, 0.29) is 11.9 Å². The van der Waals surface area contributed by atoms with E-state index < -0.39 is 6.04 Å². The van der Waals surface area contributed by atoms with E-state index in [4.69, 9.17) is 4.74 Å². The maximum absolute atomic E-state index is 13.2. The second-order valence-corrected chi connectivity index (χ2v) is 7.97. The Kier molecular flexibility index (Phi) is 6.39. The minimum Gasteiger partial charge on any atom is -0.467 e. The number of ether oxygens (including phenoxy) is 1. The van der Waals surface area contributed by atoms with E-state index >= 15 is 0 Å². The van der Waals surface area contributed by atoms with Crippen LogP contribution in [0, 0.1) is 0 Å². The highest BCUT2D eigenvalue weighted by Gasteiger charge is 2.35. The van der Waals surface area contributed by atoms with Gasteiger partial charge in [0.2, 0.25) is 0 Å². The molecule has 1 atom stereocenters. The van der Waals surface area contributed by atoms with E-state index in [1.807, 2.05) is 49.5 Å². The first-order valence-electron chi connectivity index (χ1n) is 9.42. The Morgan fingerprint density at radius 3 is 2.54 bits per heavy atom. The van der Waals surface area contributed by atoms with E-state index in [0.29, 0.717) is 18.5 Å². The number of carbonyl (C=O) groups excluding carboxylic acids is 2. The van der Waals surface area contributed by atoms with E-state index in [0.717, 1.165) is 34.3 Å².